The zero-order chi connectivity index (χ0) is 17.8. The van der Waals surface area contributed by atoms with Gasteiger partial charge in [0.15, 0.2) is 0 Å². The molecule has 2 N–H and O–H groups in total. The van der Waals surface area contributed by atoms with Crippen molar-refractivity contribution in [2.45, 2.75) is 25.3 Å². The molecule has 2 aromatic carbocycles. The number of anilines is 2. The Hall–Kier alpha value is -2.59. The number of aromatic nitrogens is 2. The van der Waals surface area contributed by atoms with Crippen LogP contribution < -0.4 is 10.6 Å². The van der Waals surface area contributed by atoms with E-state index in [1.54, 1.807) is 0 Å². The molecule has 1 aliphatic rings. The van der Waals surface area contributed by atoms with Crippen molar-refractivity contribution in [2.24, 2.45) is 0 Å². The Bertz CT molecular complexity index is 861. The van der Waals surface area contributed by atoms with Gasteiger partial charge < -0.3 is 10.6 Å². The molecule has 0 atom stereocenters. The summed E-state index contributed by atoms with van der Waals surface area (Å²) in [5, 5.41) is 7.59. The maximum atomic E-state index is 5.94. The van der Waals surface area contributed by atoms with Gasteiger partial charge in [-0.1, -0.05) is 54.1 Å². The number of hydrogen-bond acceptors (Lipinski definition) is 4. The van der Waals surface area contributed by atoms with Crippen molar-refractivity contribution in [1.29, 1.82) is 0 Å². The Morgan fingerprint density at radius 3 is 2.46 bits per heavy atom. The summed E-state index contributed by atoms with van der Waals surface area (Å²) < 4.78 is 0. The fourth-order valence-corrected chi connectivity index (χ4v) is 2.89. The number of halogens is 1. The second-order valence-corrected chi connectivity index (χ2v) is 6.99. The van der Waals surface area contributed by atoms with Crippen LogP contribution in [0.3, 0.4) is 0 Å². The number of nitrogens with one attached hydrogen (secondary N) is 2. The van der Waals surface area contributed by atoms with E-state index in [2.05, 4.69) is 27.8 Å². The van der Waals surface area contributed by atoms with Crippen molar-refractivity contribution in [3.05, 3.63) is 71.2 Å². The summed E-state index contributed by atoms with van der Waals surface area (Å²) >= 11 is 5.94. The molecule has 3 aromatic rings. The predicted octanol–water partition coefficient (Wildman–Crippen LogP) is 5.03. The summed E-state index contributed by atoms with van der Waals surface area (Å²) in [6.07, 6.45) is 3.31. The van der Waals surface area contributed by atoms with Crippen molar-refractivity contribution in [2.75, 3.05) is 17.2 Å². The van der Waals surface area contributed by atoms with E-state index < -0.39 is 0 Å². The molecule has 0 aliphatic heterocycles. The lowest BCUT2D eigenvalue weighted by Crippen LogP contribution is -2.11. The Balaban J connectivity index is 1.49. The molecule has 0 radical (unpaired) electrons. The zero-order valence-electron chi connectivity index (χ0n) is 14.5. The van der Waals surface area contributed by atoms with E-state index in [4.69, 9.17) is 16.6 Å². The van der Waals surface area contributed by atoms with E-state index in [9.17, 15) is 0 Å². The average molecular weight is 365 g/mol. The minimum absolute atomic E-state index is 0.551. The minimum Gasteiger partial charge on any atom is -0.367 e. The van der Waals surface area contributed by atoms with Crippen molar-refractivity contribution < 1.29 is 0 Å². The Kier molecular flexibility index (Phi) is 5.02. The van der Waals surface area contributed by atoms with E-state index in [1.165, 1.54) is 18.4 Å². The molecule has 26 heavy (non-hydrogen) atoms. The lowest BCUT2D eigenvalue weighted by Gasteiger charge is -2.11. The first kappa shape index (κ1) is 16.9. The monoisotopic (exact) mass is 364 g/mol. The van der Waals surface area contributed by atoms with Crippen LogP contribution >= 0.6 is 11.6 Å². The van der Waals surface area contributed by atoms with Crippen LogP contribution in [0, 0.1) is 0 Å². The van der Waals surface area contributed by atoms with Gasteiger partial charge in [0.05, 0.1) is 5.69 Å². The number of nitrogens with zero attached hydrogens (tertiary/aromatic N) is 2. The van der Waals surface area contributed by atoms with Crippen molar-refractivity contribution in [1.82, 2.24) is 9.97 Å². The normalized spacial score (nSPS) is 13.4. The molecule has 1 aromatic heterocycles. The van der Waals surface area contributed by atoms with Crippen LogP contribution in [0.5, 0.6) is 0 Å². The Morgan fingerprint density at radius 2 is 1.73 bits per heavy atom. The molecule has 132 valence electrons. The molecule has 1 aliphatic carbocycles. The number of benzene rings is 2. The van der Waals surface area contributed by atoms with Crippen LogP contribution in [-0.4, -0.2) is 22.6 Å². The van der Waals surface area contributed by atoms with E-state index >= 15 is 0 Å². The van der Waals surface area contributed by atoms with Crippen molar-refractivity contribution in [3.8, 4) is 11.3 Å². The van der Waals surface area contributed by atoms with Crippen LogP contribution in [0.2, 0.25) is 5.02 Å². The molecule has 1 saturated carbocycles. The smallest absolute Gasteiger partial charge is 0.225 e. The second kappa shape index (κ2) is 7.75. The molecule has 5 heteroatoms. The van der Waals surface area contributed by atoms with Crippen LogP contribution in [0.25, 0.3) is 11.3 Å². The minimum atomic E-state index is 0.551. The average Bonchev–Trinajstić information content (AvgIpc) is 3.48. The highest BCUT2D eigenvalue weighted by atomic mass is 35.5. The maximum Gasteiger partial charge on any atom is 0.225 e. The first-order valence-corrected chi connectivity index (χ1v) is 9.33. The summed E-state index contributed by atoms with van der Waals surface area (Å²) in [4.78, 5) is 9.32. The van der Waals surface area contributed by atoms with Gasteiger partial charge in [-0.15, -0.1) is 0 Å². The zero-order valence-corrected chi connectivity index (χ0v) is 15.2. The Morgan fingerprint density at radius 1 is 0.962 bits per heavy atom. The molecular formula is C21H21ClN4. The first-order chi connectivity index (χ1) is 12.8. The summed E-state index contributed by atoms with van der Waals surface area (Å²) in [5.74, 6) is 1.54. The molecule has 0 bridgehead atoms. The SMILES string of the molecule is Clc1ccc(CCNc2nc(NC3CC3)cc(-c3ccccc3)n2)cc1. The third-order valence-electron chi connectivity index (χ3n) is 4.34. The van der Waals surface area contributed by atoms with Crippen molar-refractivity contribution in [3.63, 3.8) is 0 Å². The van der Waals surface area contributed by atoms with Gasteiger partial charge in [-0.3, -0.25) is 0 Å². The first-order valence-electron chi connectivity index (χ1n) is 8.96. The number of rotatable bonds is 7. The summed E-state index contributed by atoms with van der Waals surface area (Å²) in [6.45, 7) is 0.767. The topological polar surface area (TPSA) is 49.8 Å². The van der Waals surface area contributed by atoms with Gasteiger partial charge in [0.1, 0.15) is 5.82 Å². The standard InChI is InChI=1S/C21H21ClN4/c22-17-8-6-15(7-9-17)12-13-23-21-25-19(16-4-2-1-3-5-16)14-20(26-21)24-18-10-11-18/h1-9,14,18H,10-13H2,(H2,23,24,25,26). The molecule has 1 heterocycles. The highest BCUT2D eigenvalue weighted by Crippen LogP contribution is 2.27. The molecular weight excluding hydrogens is 344 g/mol. The third-order valence-corrected chi connectivity index (χ3v) is 4.59. The molecule has 0 amide bonds. The second-order valence-electron chi connectivity index (χ2n) is 6.55. The van der Waals surface area contributed by atoms with E-state index in [-0.39, 0.29) is 0 Å². The molecule has 0 unspecified atom stereocenters. The highest BCUT2D eigenvalue weighted by molar-refractivity contribution is 6.30. The molecule has 0 saturated heterocycles. The fourth-order valence-electron chi connectivity index (χ4n) is 2.76. The van der Waals surface area contributed by atoms with E-state index in [0.717, 1.165) is 35.1 Å². The summed E-state index contributed by atoms with van der Waals surface area (Å²) in [5.41, 5.74) is 3.25. The van der Waals surface area contributed by atoms with Gasteiger partial charge in [0, 0.05) is 29.2 Å². The molecule has 1 fully saturated rings. The van der Waals surface area contributed by atoms with E-state index in [0.29, 0.717) is 12.0 Å². The van der Waals surface area contributed by atoms with Crippen LogP contribution in [0.1, 0.15) is 18.4 Å². The van der Waals surface area contributed by atoms with Gasteiger partial charge >= 0.3 is 0 Å². The molecule has 0 spiro atoms. The third kappa shape index (κ3) is 4.52. The van der Waals surface area contributed by atoms with Crippen LogP contribution in [0.15, 0.2) is 60.7 Å². The maximum absolute atomic E-state index is 5.94. The fraction of sp³-hybridized carbons (Fsp3) is 0.238. The lowest BCUT2D eigenvalue weighted by atomic mass is 10.1. The van der Waals surface area contributed by atoms with Gasteiger partial charge in [0.2, 0.25) is 5.95 Å². The molecule has 4 rings (SSSR count). The van der Waals surface area contributed by atoms with E-state index in [1.807, 2.05) is 48.5 Å². The molecule has 4 nitrogen and oxygen atoms in total. The Labute approximate surface area is 158 Å². The van der Waals surface area contributed by atoms with Crippen LogP contribution in [0.4, 0.5) is 11.8 Å². The van der Waals surface area contributed by atoms with Crippen molar-refractivity contribution >= 4 is 23.4 Å². The quantitative estimate of drug-likeness (QED) is 0.617. The summed E-state index contributed by atoms with van der Waals surface area (Å²) in [7, 11) is 0. The van der Waals surface area contributed by atoms with Crippen LogP contribution in [-0.2, 0) is 6.42 Å². The van der Waals surface area contributed by atoms with Gasteiger partial charge in [-0.2, -0.15) is 4.98 Å². The largest absolute Gasteiger partial charge is 0.367 e. The number of hydrogen-bond donors (Lipinski definition) is 2. The van der Waals surface area contributed by atoms with Gasteiger partial charge in [-0.05, 0) is 37.0 Å². The lowest BCUT2D eigenvalue weighted by molar-refractivity contribution is 0.981. The van der Waals surface area contributed by atoms with Gasteiger partial charge in [-0.25, -0.2) is 4.98 Å². The summed E-state index contributed by atoms with van der Waals surface area (Å²) in [6, 6.07) is 20.7. The predicted molar refractivity (Wildman–Crippen MR) is 108 cm³/mol. The van der Waals surface area contributed by atoms with Gasteiger partial charge in [0.25, 0.3) is 0 Å². The highest BCUT2D eigenvalue weighted by Gasteiger charge is 2.22.